The van der Waals surface area contributed by atoms with E-state index in [1.807, 2.05) is 0 Å². The predicted octanol–water partition coefficient (Wildman–Crippen LogP) is -15.4. The van der Waals surface area contributed by atoms with Gasteiger partial charge in [-0.1, -0.05) is 0 Å². The average Bonchev–Trinajstić information content (AvgIpc) is 0. The molecule has 0 aromatic heterocycles. The summed E-state index contributed by atoms with van der Waals surface area (Å²) in [6.07, 6.45) is 0. The SMILES string of the molecule is [Al+3].[Cl-].[Cl-].[Cl-].[Cl-].[Cl-].[Zn+2]. The summed E-state index contributed by atoms with van der Waals surface area (Å²) in [4.78, 5) is 0. The number of rotatable bonds is 0. The quantitative estimate of drug-likeness (QED) is 0.383. The first-order valence-electron chi connectivity index (χ1n) is 0. The monoisotopic (exact) mass is 266 g/mol. The molecule has 0 saturated carbocycles. The summed E-state index contributed by atoms with van der Waals surface area (Å²) >= 11 is 0. The first-order valence-corrected chi connectivity index (χ1v) is 0. The van der Waals surface area contributed by atoms with Crippen molar-refractivity contribution in [3.05, 3.63) is 0 Å². The molecule has 0 aliphatic carbocycles. The van der Waals surface area contributed by atoms with Crippen LogP contribution in [0.1, 0.15) is 0 Å². The summed E-state index contributed by atoms with van der Waals surface area (Å²) in [7, 11) is 0. The molecule has 0 aliphatic rings. The van der Waals surface area contributed by atoms with Crippen LogP contribution in [0.25, 0.3) is 0 Å². The summed E-state index contributed by atoms with van der Waals surface area (Å²) in [6.45, 7) is 0. The summed E-state index contributed by atoms with van der Waals surface area (Å²) in [5, 5.41) is 0. The van der Waals surface area contributed by atoms with Crippen LogP contribution < -0.4 is 62.0 Å². The van der Waals surface area contributed by atoms with Gasteiger partial charge in [0.05, 0.1) is 0 Å². The molecule has 0 spiro atoms. The van der Waals surface area contributed by atoms with Crippen molar-refractivity contribution >= 4 is 17.4 Å². The van der Waals surface area contributed by atoms with Crippen molar-refractivity contribution < 1.29 is 81.5 Å². The summed E-state index contributed by atoms with van der Waals surface area (Å²) in [5.74, 6) is 0. The van der Waals surface area contributed by atoms with Gasteiger partial charge in [0.1, 0.15) is 0 Å². The molecule has 40 valence electrons. The van der Waals surface area contributed by atoms with Crippen molar-refractivity contribution in [2.24, 2.45) is 0 Å². The van der Waals surface area contributed by atoms with Gasteiger partial charge in [-0.2, -0.15) is 0 Å². The molecule has 0 aromatic rings. The standard InChI is InChI=1S/Al.5ClH.Zn/h;5*1H;/q+3;;;;;;+2/p-5. The van der Waals surface area contributed by atoms with E-state index in [0.717, 1.165) is 0 Å². The number of halogens is 5. The Bertz CT molecular complexity index is 8.04. The minimum Gasteiger partial charge on any atom is -1.00 e. The van der Waals surface area contributed by atoms with Crippen LogP contribution in [0.2, 0.25) is 0 Å². The molecule has 0 nitrogen and oxygen atoms in total. The Morgan fingerprint density at radius 2 is 0.429 bits per heavy atom. The molecule has 0 atom stereocenters. The largest absolute Gasteiger partial charge is 3.00 e. The Morgan fingerprint density at radius 3 is 0.429 bits per heavy atom. The molecule has 0 bridgehead atoms. The van der Waals surface area contributed by atoms with Crippen molar-refractivity contribution in [2.75, 3.05) is 0 Å². The Hall–Kier alpha value is 2.61. The topological polar surface area (TPSA) is 0 Å². The smallest absolute Gasteiger partial charge is 1.00 e. The second-order valence-electron chi connectivity index (χ2n) is 0. The predicted molar refractivity (Wildman–Crippen MR) is 5.75 cm³/mol. The maximum Gasteiger partial charge on any atom is 3.00 e. The molecule has 7 heteroatoms. The van der Waals surface area contributed by atoms with Crippen LogP contribution in [0.5, 0.6) is 0 Å². The van der Waals surface area contributed by atoms with Gasteiger partial charge >= 0.3 is 36.8 Å². The van der Waals surface area contributed by atoms with E-state index in [0.29, 0.717) is 0 Å². The molecule has 0 N–H and O–H groups in total. The van der Waals surface area contributed by atoms with Gasteiger partial charge < -0.3 is 62.0 Å². The normalized spacial score (nSPS) is 0. The van der Waals surface area contributed by atoms with Gasteiger partial charge in [0, 0.05) is 0 Å². The second-order valence-corrected chi connectivity index (χ2v) is 0. The minimum absolute atomic E-state index is 0. The third kappa shape index (κ3) is 55.3. The zero-order valence-electron chi connectivity index (χ0n) is 3.17. The van der Waals surface area contributed by atoms with E-state index in [-0.39, 0.29) is 98.9 Å². The van der Waals surface area contributed by atoms with Crippen LogP contribution >= 0.6 is 0 Å². The maximum absolute atomic E-state index is 0. The Labute approximate surface area is 97.9 Å². The van der Waals surface area contributed by atoms with E-state index in [1.54, 1.807) is 0 Å². The van der Waals surface area contributed by atoms with Gasteiger partial charge in [0.25, 0.3) is 0 Å². The van der Waals surface area contributed by atoms with Crippen LogP contribution in [0.15, 0.2) is 0 Å². The van der Waals surface area contributed by atoms with E-state index in [9.17, 15) is 0 Å². The van der Waals surface area contributed by atoms with Crippen LogP contribution in [0.4, 0.5) is 0 Å². The van der Waals surface area contributed by atoms with Crippen LogP contribution in [-0.2, 0) is 19.5 Å². The third-order valence-electron chi connectivity index (χ3n) is 0. The molecule has 0 heterocycles. The van der Waals surface area contributed by atoms with E-state index in [1.165, 1.54) is 0 Å². The first-order chi connectivity index (χ1) is 0. The zero-order valence-corrected chi connectivity index (χ0v) is 11.1. The van der Waals surface area contributed by atoms with Crippen molar-refractivity contribution in [2.45, 2.75) is 0 Å². The molecule has 0 rings (SSSR count). The summed E-state index contributed by atoms with van der Waals surface area (Å²) in [5.41, 5.74) is 0. The number of hydrogen-bond donors (Lipinski definition) is 0. The fraction of sp³-hybridized carbons (Fsp3) is 0. The molecular formula is AlCl5Zn. The molecule has 0 fully saturated rings. The molecule has 0 aromatic carbocycles. The zero-order chi connectivity index (χ0) is 0. The molecular weight excluding hydrogens is 270 g/mol. The van der Waals surface area contributed by atoms with Crippen molar-refractivity contribution in [1.82, 2.24) is 0 Å². The first kappa shape index (κ1) is 105. The van der Waals surface area contributed by atoms with E-state index >= 15 is 0 Å². The molecule has 0 radical (unpaired) electrons. The molecule has 0 saturated heterocycles. The van der Waals surface area contributed by atoms with Gasteiger partial charge in [-0.15, -0.1) is 0 Å². The fourth-order valence-electron chi connectivity index (χ4n) is 0. The van der Waals surface area contributed by atoms with Gasteiger partial charge in [0.15, 0.2) is 0 Å². The van der Waals surface area contributed by atoms with Gasteiger partial charge in [-0.25, -0.2) is 0 Å². The van der Waals surface area contributed by atoms with E-state index < -0.39 is 0 Å². The van der Waals surface area contributed by atoms with Crippen molar-refractivity contribution in [3.63, 3.8) is 0 Å². The Balaban J connectivity index is 0. The second kappa shape index (κ2) is 73.3. The van der Waals surface area contributed by atoms with Gasteiger partial charge in [-0.05, 0) is 0 Å². The fourth-order valence-corrected chi connectivity index (χ4v) is 0. The summed E-state index contributed by atoms with van der Waals surface area (Å²) in [6, 6.07) is 0. The molecule has 0 unspecified atom stereocenters. The van der Waals surface area contributed by atoms with E-state index in [4.69, 9.17) is 0 Å². The third-order valence-corrected chi connectivity index (χ3v) is 0. The summed E-state index contributed by atoms with van der Waals surface area (Å²) < 4.78 is 0. The molecule has 0 aliphatic heterocycles. The Morgan fingerprint density at radius 1 is 0.429 bits per heavy atom. The van der Waals surface area contributed by atoms with Crippen LogP contribution in [0.3, 0.4) is 0 Å². The van der Waals surface area contributed by atoms with Gasteiger partial charge in [0.2, 0.25) is 0 Å². The van der Waals surface area contributed by atoms with Crippen molar-refractivity contribution in [1.29, 1.82) is 0 Å². The minimum atomic E-state index is 0. The average molecular weight is 270 g/mol. The number of hydrogen-bond acceptors (Lipinski definition) is 0. The van der Waals surface area contributed by atoms with E-state index in [2.05, 4.69) is 0 Å². The molecule has 0 amide bonds. The molecule has 7 heavy (non-hydrogen) atoms. The van der Waals surface area contributed by atoms with Gasteiger partial charge in [-0.3, -0.25) is 0 Å². The van der Waals surface area contributed by atoms with Crippen LogP contribution in [0, 0.1) is 0 Å². The maximum atomic E-state index is 0. The Kier molecular flexibility index (Phi) is 1100. The van der Waals surface area contributed by atoms with Crippen LogP contribution in [-0.4, -0.2) is 17.4 Å². The van der Waals surface area contributed by atoms with Crippen molar-refractivity contribution in [3.8, 4) is 0 Å².